The Balaban J connectivity index is 0.000000774. The highest BCUT2D eigenvalue weighted by Gasteiger charge is 2.31. The molecule has 0 amide bonds. The number of phenols is 1. The SMILES string of the molecule is CC.CN1NC(c2ccc(O)cc2)OC1c1ccccc1. The van der Waals surface area contributed by atoms with Gasteiger partial charge in [-0.25, -0.2) is 10.4 Å². The molecule has 1 aliphatic rings. The monoisotopic (exact) mass is 286 g/mol. The van der Waals surface area contributed by atoms with Gasteiger partial charge in [-0.05, 0) is 23.3 Å². The first-order valence-corrected chi connectivity index (χ1v) is 7.22. The third kappa shape index (κ3) is 3.61. The molecule has 4 nitrogen and oxygen atoms in total. The summed E-state index contributed by atoms with van der Waals surface area (Å²) in [5.41, 5.74) is 5.37. The van der Waals surface area contributed by atoms with Crippen molar-refractivity contribution >= 4 is 0 Å². The van der Waals surface area contributed by atoms with Crippen molar-refractivity contribution in [2.75, 3.05) is 7.05 Å². The number of hydrazine groups is 1. The van der Waals surface area contributed by atoms with Crippen LogP contribution in [0, 0.1) is 0 Å². The summed E-state index contributed by atoms with van der Waals surface area (Å²) in [6, 6.07) is 17.1. The minimum atomic E-state index is -0.198. The molecule has 1 fully saturated rings. The molecule has 2 aromatic rings. The van der Waals surface area contributed by atoms with Crippen LogP contribution < -0.4 is 5.43 Å². The Hall–Kier alpha value is -1.88. The van der Waals surface area contributed by atoms with Gasteiger partial charge in [0.1, 0.15) is 12.0 Å². The number of hydrogen-bond acceptors (Lipinski definition) is 4. The molecule has 21 heavy (non-hydrogen) atoms. The molecule has 3 rings (SSSR count). The third-order valence-electron chi connectivity index (χ3n) is 3.22. The molecule has 2 atom stereocenters. The molecule has 112 valence electrons. The molecule has 0 saturated carbocycles. The number of aromatic hydroxyl groups is 1. The van der Waals surface area contributed by atoms with Gasteiger partial charge < -0.3 is 9.84 Å². The van der Waals surface area contributed by atoms with Gasteiger partial charge in [-0.2, -0.15) is 0 Å². The van der Waals surface area contributed by atoms with Crippen molar-refractivity contribution in [1.82, 2.24) is 10.4 Å². The lowest BCUT2D eigenvalue weighted by Gasteiger charge is -2.16. The number of phenolic OH excluding ortho intramolecular Hbond substituents is 1. The van der Waals surface area contributed by atoms with E-state index in [0.717, 1.165) is 11.1 Å². The van der Waals surface area contributed by atoms with E-state index in [0.29, 0.717) is 0 Å². The Bertz CT molecular complexity index is 542. The number of nitrogens with zero attached hydrogens (tertiary/aromatic N) is 1. The fourth-order valence-electron chi connectivity index (χ4n) is 2.23. The molecule has 2 aromatic carbocycles. The standard InChI is InChI=1S/C15H16N2O2.C2H6/c1-17-15(12-5-3-2-4-6-12)19-14(16-17)11-7-9-13(18)10-8-11;1-2/h2-10,14-16,18H,1H3;1-2H3. The molecule has 0 aliphatic carbocycles. The first-order valence-electron chi connectivity index (χ1n) is 7.22. The summed E-state index contributed by atoms with van der Waals surface area (Å²) in [7, 11) is 1.96. The molecule has 2 unspecified atom stereocenters. The van der Waals surface area contributed by atoms with Gasteiger partial charge in [0.2, 0.25) is 0 Å². The van der Waals surface area contributed by atoms with Crippen LogP contribution >= 0.6 is 0 Å². The van der Waals surface area contributed by atoms with Crippen LogP contribution in [0.5, 0.6) is 5.75 Å². The second kappa shape index (κ2) is 7.22. The lowest BCUT2D eigenvalue weighted by molar-refractivity contribution is 0.00558. The van der Waals surface area contributed by atoms with Gasteiger partial charge in [-0.1, -0.05) is 56.3 Å². The van der Waals surface area contributed by atoms with Crippen LogP contribution in [0.15, 0.2) is 54.6 Å². The number of rotatable bonds is 2. The Morgan fingerprint density at radius 1 is 0.952 bits per heavy atom. The summed E-state index contributed by atoms with van der Waals surface area (Å²) in [5, 5.41) is 11.3. The molecular formula is C17H22N2O2. The maximum absolute atomic E-state index is 9.31. The molecule has 1 heterocycles. The summed E-state index contributed by atoms with van der Waals surface area (Å²) in [6.07, 6.45) is -0.309. The van der Waals surface area contributed by atoms with Crippen LogP contribution in [0.1, 0.15) is 37.4 Å². The van der Waals surface area contributed by atoms with Crippen LogP contribution in [0.25, 0.3) is 0 Å². The number of benzene rings is 2. The van der Waals surface area contributed by atoms with E-state index in [4.69, 9.17) is 4.74 Å². The van der Waals surface area contributed by atoms with E-state index >= 15 is 0 Å². The Labute approximate surface area is 126 Å². The molecule has 1 aliphatic heterocycles. The van der Waals surface area contributed by atoms with Gasteiger partial charge in [0.05, 0.1) is 0 Å². The predicted octanol–water partition coefficient (Wildman–Crippen LogP) is 3.58. The van der Waals surface area contributed by atoms with Crippen LogP contribution in [-0.4, -0.2) is 17.2 Å². The van der Waals surface area contributed by atoms with E-state index in [-0.39, 0.29) is 18.2 Å². The Morgan fingerprint density at radius 2 is 1.57 bits per heavy atom. The highest BCUT2D eigenvalue weighted by atomic mass is 16.6. The Kier molecular flexibility index (Phi) is 5.33. The highest BCUT2D eigenvalue weighted by Crippen LogP contribution is 2.33. The molecule has 2 N–H and O–H groups in total. The van der Waals surface area contributed by atoms with Crippen molar-refractivity contribution in [1.29, 1.82) is 0 Å². The van der Waals surface area contributed by atoms with Crippen molar-refractivity contribution in [2.24, 2.45) is 0 Å². The zero-order chi connectivity index (χ0) is 15.2. The van der Waals surface area contributed by atoms with Crippen molar-refractivity contribution in [3.8, 4) is 5.75 Å². The van der Waals surface area contributed by atoms with Crippen LogP contribution in [0.2, 0.25) is 0 Å². The van der Waals surface area contributed by atoms with Gasteiger partial charge in [-0.3, -0.25) is 0 Å². The summed E-state index contributed by atoms with van der Waals surface area (Å²) in [4.78, 5) is 0. The molecule has 0 aromatic heterocycles. The predicted molar refractivity (Wildman–Crippen MR) is 83.4 cm³/mol. The highest BCUT2D eigenvalue weighted by molar-refractivity contribution is 5.28. The molecule has 0 radical (unpaired) electrons. The van der Waals surface area contributed by atoms with Crippen molar-refractivity contribution < 1.29 is 9.84 Å². The zero-order valence-corrected chi connectivity index (χ0v) is 12.7. The average Bonchev–Trinajstić information content (AvgIpc) is 2.93. The fraction of sp³-hybridized carbons (Fsp3) is 0.294. The van der Waals surface area contributed by atoms with Crippen molar-refractivity contribution in [3.05, 3.63) is 65.7 Å². The van der Waals surface area contributed by atoms with Gasteiger partial charge in [0.25, 0.3) is 0 Å². The molecular weight excluding hydrogens is 264 g/mol. The van der Waals surface area contributed by atoms with E-state index < -0.39 is 0 Å². The van der Waals surface area contributed by atoms with Crippen LogP contribution in [0.3, 0.4) is 0 Å². The smallest absolute Gasteiger partial charge is 0.151 e. The van der Waals surface area contributed by atoms with E-state index in [9.17, 15) is 5.11 Å². The largest absolute Gasteiger partial charge is 0.508 e. The first-order chi connectivity index (χ1) is 10.2. The van der Waals surface area contributed by atoms with Crippen LogP contribution in [0.4, 0.5) is 0 Å². The molecule has 1 saturated heterocycles. The molecule has 4 heteroatoms. The fourth-order valence-corrected chi connectivity index (χ4v) is 2.23. The third-order valence-corrected chi connectivity index (χ3v) is 3.22. The summed E-state index contributed by atoms with van der Waals surface area (Å²) < 4.78 is 6.02. The quantitative estimate of drug-likeness (QED) is 0.885. The maximum Gasteiger partial charge on any atom is 0.151 e. The number of hydrogen-bond donors (Lipinski definition) is 2. The van der Waals surface area contributed by atoms with Crippen molar-refractivity contribution in [3.63, 3.8) is 0 Å². The second-order valence-corrected chi connectivity index (χ2v) is 4.61. The first kappa shape index (κ1) is 15.5. The Morgan fingerprint density at radius 3 is 2.19 bits per heavy atom. The minimum absolute atomic E-state index is 0.111. The second-order valence-electron chi connectivity index (χ2n) is 4.61. The van der Waals surface area contributed by atoms with Gasteiger partial charge in [0.15, 0.2) is 6.23 Å². The van der Waals surface area contributed by atoms with E-state index in [1.807, 2.05) is 68.4 Å². The summed E-state index contributed by atoms with van der Waals surface area (Å²) >= 11 is 0. The van der Waals surface area contributed by atoms with E-state index in [1.165, 1.54) is 0 Å². The zero-order valence-electron chi connectivity index (χ0n) is 12.7. The minimum Gasteiger partial charge on any atom is -0.508 e. The van der Waals surface area contributed by atoms with Gasteiger partial charge in [-0.15, -0.1) is 0 Å². The lowest BCUT2D eigenvalue weighted by Crippen LogP contribution is -2.29. The van der Waals surface area contributed by atoms with Crippen molar-refractivity contribution in [2.45, 2.75) is 26.3 Å². The number of nitrogens with one attached hydrogen (secondary N) is 1. The summed E-state index contributed by atoms with van der Waals surface area (Å²) in [6.45, 7) is 4.00. The lowest BCUT2D eigenvalue weighted by atomic mass is 10.2. The summed E-state index contributed by atoms with van der Waals surface area (Å²) in [5.74, 6) is 0.259. The molecule has 0 bridgehead atoms. The topological polar surface area (TPSA) is 44.7 Å². The maximum atomic E-state index is 9.31. The number of ether oxygens (including phenoxy) is 1. The average molecular weight is 286 g/mol. The molecule has 0 spiro atoms. The normalized spacial score (nSPS) is 21.7. The van der Waals surface area contributed by atoms with Gasteiger partial charge in [0, 0.05) is 7.05 Å². The van der Waals surface area contributed by atoms with E-state index in [2.05, 4.69) is 5.43 Å². The van der Waals surface area contributed by atoms with Gasteiger partial charge >= 0.3 is 0 Å². The van der Waals surface area contributed by atoms with Crippen LogP contribution in [-0.2, 0) is 4.74 Å². The van der Waals surface area contributed by atoms with E-state index in [1.54, 1.807) is 12.1 Å².